The summed E-state index contributed by atoms with van der Waals surface area (Å²) in [6, 6.07) is 14.9. The molecule has 2 rings (SSSR count). The first-order chi connectivity index (χ1) is 9.16. The number of rotatable bonds is 4. The number of benzene rings is 2. The molecule has 0 spiro atoms. The molecule has 0 aliphatic heterocycles. The van der Waals surface area contributed by atoms with Crippen molar-refractivity contribution >= 4 is 17.5 Å². The topological polar surface area (TPSA) is 38.3 Å². The molecule has 0 aliphatic carbocycles. The van der Waals surface area contributed by atoms with Gasteiger partial charge in [0.2, 0.25) is 0 Å². The predicted molar refractivity (Wildman–Crippen MR) is 74.9 cm³/mol. The number of hydrogen-bond donors (Lipinski definition) is 1. The van der Waals surface area contributed by atoms with Crippen LogP contribution in [0.15, 0.2) is 48.5 Å². The predicted octanol–water partition coefficient (Wildman–Crippen LogP) is 3.51. The summed E-state index contributed by atoms with van der Waals surface area (Å²) >= 11 is 5.97. The van der Waals surface area contributed by atoms with Gasteiger partial charge in [0.1, 0.15) is 0 Å². The first-order valence-electron chi connectivity index (χ1n) is 5.89. The Labute approximate surface area is 117 Å². The third-order valence-corrected chi connectivity index (χ3v) is 2.94. The van der Waals surface area contributed by atoms with Gasteiger partial charge in [-0.15, -0.1) is 0 Å². The van der Waals surface area contributed by atoms with Gasteiger partial charge in [-0.2, -0.15) is 0 Å². The maximum atomic E-state index is 11.9. The highest BCUT2D eigenvalue weighted by molar-refractivity contribution is 6.33. The fourth-order valence-corrected chi connectivity index (χ4v) is 1.83. The molecule has 0 saturated heterocycles. The molecule has 2 aromatic rings. The number of nitrogens with one attached hydrogen (secondary N) is 1. The highest BCUT2D eigenvalue weighted by atomic mass is 35.5. The molecule has 0 fully saturated rings. The molecule has 0 radical (unpaired) electrons. The molecule has 2 aromatic carbocycles. The Morgan fingerprint density at radius 1 is 1.21 bits per heavy atom. The van der Waals surface area contributed by atoms with Crippen LogP contribution < -0.4 is 5.48 Å². The maximum absolute atomic E-state index is 11.9. The molecule has 0 saturated carbocycles. The third kappa shape index (κ3) is 3.81. The molecule has 0 heterocycles. The highest BCUT2D eigenvalue weighted by Gasteiger charge is 2.10. The van der Waals surface area contributed by atoms with Gasteiger partial charge < -0.3 is 0 Å². The minimum absolute atomic E-state index is 0.315. The van der Waals surface area contributed by atoms with Crippen LogP contribution in [0.5, 0.6) is 0 Å². The van der Waals surface area contributed by atoms with Crippen molar-refractivity contribution in [3.8, 4) is 0 Å². The molecule has 0 aromatic heterocycles. The van der Waals surface area contributed by atoms with E-state index in [1.165, 1.54) is 0 Å². The van der Waals surface area contributed by atoms with E-state index in [4.69, 9.17) is 16.4 Å². The second kappa shape index (κ2) is 6.36. The Morgan fingerprint density at radius 2 is 1.95 bits per heavy atom. The van der Waals surface area contributed by atoms with Crippen LogP contribution in [0.1, 0.15) is 21.5 Å². The van der Waals surface area contributed by atoms with Crippen LogP contribution in [-0.4, -0.2) is 5.91 Å². The summed E-state index contributed by atoms with van der Waals surface area (Å²) in [6.45, 7) is 2.22. The Bertz CT molecular complexity index is 570. The lowest BCUT2D eigenvalue weighted by atomic mass is 10.1. The van der Waals surface area contributed by atoms with Crippen molar-refractivity contribution < 1.29 is 9.63 Å². The van der Waals surface area contributed by atoms with Crippen molar-refractivity contribution in [3.63, 3.8) is 0 Å². The Kier molecular flexibility index (Phi) is 4.55. The van der Waals surface area contributed by atoms with Gasteiger partial charge in [-0.1, -0.05) is 53.6 Å². The van der Waals surface area contributed by atoms with Crippen LogP contribution >= 0.6 is 11.6 Å². The number of hydroxylamine groups is 1. The lowest BCUT2D eigenvalue weighted by Gasteiger charge is -2.08. The van der Waals surface area contributed by atoms with Gasteiger partial charge in [0.15, 0.2) is 0 Å². The van der Waals surface area contributed by atoms with Gasteiger partial charge >= 0.3 is 0 Å². The summed E-state index contributed by atoms with van der Waals surface area (Å²) in [5.74, 6) is -0.343. The molecule has 3 nitrogen and oxygen atoms in total. The Hall–Kier alpha value is -1.84. The number of hydrogen-bond acceptors (Lipinski definition) is 2. The molecular formula is C15H14ClNO2. The lowest BCUT2D eigenvalue weighted by molar-refractivity contribution is 0.0233. The van der Waals surface area contributed by atoms with E-state index in [1.54, 1.807) is 12.1 Å². The van der Waals surface area contributed by atoms with Gasteiger partial charge in [-0.25, -0.2) is 5.48 Å². The summed E-state index contributed by atoms with van der Waals surface area (Å²) < 4.78 is 0. The molecule has 0 atom stereocenters. The molecule has 98 valence electrons. The number of amides is 1. The van der Waals surface area contributed by atoms with Gasteiger partial charge in [0, 0.05) is 0 Å². The summed E-state index contributed by atoms with van der Waals surface area (Å²) in [4.78, 5) is 17.1. The van der Waals surface area contributed by atoms with Crippen LogP contribution in [0.3, 0.4) is 0 Å². The van der Waals surface area contributed by atoms with Crippen LogP contribution in [0.4, 0.5) is 0 Å². The first kappa shape index (κ1) is 13.6. The smallest absolute Gasteiger partial charge is 0.269 e. The zero-order valence-corrected chi connectivity index (χ0v) is 11.3. The van der Waals surface area contributed by atoms with Crippen molar-refractivity contribution in [2.45, 2.75) is 13.5 Å². The number of aryl methyl sites for hydroxylation is 1. The van der Waals surface area contributed by atoms with Crippen molar-refractivity contribution in [1.29, 1.82) is 0 Å². The largest absolute Gasteiger partial charge is 0.276 e. The van der Waals surface area contributed by atoms with E-state index >= 15 is 0 Å². The number of halogens is 1. The van der Waals surface area contributed by atoms with Crippen LogP contribution in [0.2, 0.25) is 5.02 Å². The molecule has 4 heteroatoms. The number of carbonyl (C=O) groups is 1. The van der Waals surface area contributed by atoms with Gasteiger partial charge in [-0.3, -0.25) is 9.63 Å². The molecule has 0 bridgehead atoms. The van der Waals surface area contributed by atoms with E-state index in [0.717, 1.165) is 11.1 Å². The maximum Gasteiger partial charge on any atom is 0.276 e. The van der Waals surface area contributed by atoms with E-state index < -0.39 is 0 Å². The fraction of sp³-hybridized carbons (Fsp3) is 0.133. The van der Waals surface area contributed by atoms with Crippen LogP contribution in [-0.2, 0) is 11.4 Å². The normalized spacial score (nSPS) is 10.2. The lowest BCUT2D eigenvalue weighted by Crippen LogP contribution is -2.23. The van der Waals surface area contributed by atoms with E-state index in [9.17, 15) is 4.79 Å². The van der Waals surface area contributed by atoms with Crippen molar-refractivity contribution in [2.75, 3.05) is 0 Å². The second-order valence-electron chi connectivity index (χ2n) is 4.19. The van der Waals surface area contributed by atoms with Gasteiger partial charge in [0.05, 0.1) is 17.2 Å². The van der Waals surface area contributed by atoms with E-state index in [1.807, 2.05) is 43.3 Å². The minimum Gasteiger partial charge on any atom is -0.269 e. The van der Waals surface area contributed by atoms with Crippen molar-refractivity contribution in [3.05, 3.63) is 70.2 Å². The SMILES string of the molecule is Cc1ccc(Cl)c(C(=O)NOCc2ccccc2)c1. The van der Waals surface area contributed by atoms with Crippen LogP contribution in [0.25, 0.3) is 0 Å². The summed E-state index contributed by atoms with van der Waals surface area (Å²) in [5, 5.41) is 0.409. The quantitative estimate of drug-likeness (QED) is 0.867. The standard InChI is InChI=1S/C15H14ClNO2/c1-11-7-8-14(16)13(9-11)15(18)17-19-10-12-5-3-2-4-6-12/h2-9H,10H2,1H3,(H,17,18). The molecule has 19 heavy (non-hydrogen) atoms. The Balaban J connectivity index is 1.93. The molecule has 0 unspecified atom stereocenters. The first-order valence-corrected chi connectivity index (χ1v) is 6.27. The third-order valence-electron chi connectivity index (χ3n) is 2.61. The van der Waals surface area contributed by atoms with Crippen molar-refractivity contribution in [1.82, 2.24) is 5.48 Å². The van der Waals surface area contributed by atoms with Gasteiger partial charge in [0.25, 0.3) is 5.91 Å². The Morgan fingerprint density at radius 3 is 2.68 bits per heavy atom. The average molecular weight is 276 g/mol. The summed E-state index contributed by atoms with van der Waals surface area (Å²) in [6.07, 6.45) is 0. The fourth-order valence-electron chi connectivity index (χ4n) is 1.63. The zero-order chi connectivity index (χ0) is 13.7. The molecule has 0 aliphatic rings. The molecule has 1 amide bonds. The zero-order valence-electron chi connectivity index (χ0n) is 10.5. The van der Waals surface area contributed by atoms with Crippen LogP contribution in [0, 0.1) is 6.92 Å². The van der Waals surface area contributed by atoms with E-state index in [0.29, 0.717) is 17.2 Å². The number of carbonyl (C=O) groups excluding carboxylic acids is 1. The summed E-state index contributed by atoms with van der Waals surface area (Å²) in [5.41, 5.74) is 4.76. The van der Waals surface area contributed by atoms with Gasteiger partial charge in [-0.05, 0) is 24.6 Å². The summed E-state index contributed by atoms with van der Waals surface area (Å²) in [7, 11) is 0. The van der Waals surface area contributed by atoms with E-state index in [2.05, 4.69) is 5.48 Å². The molecular weight excluding hydrogens is 262 g/mol. The highest BCUT2D eigenvalue weighted by Crippen LogP contribution is 2.17. The monoisotopic (exact) mass is 275 g/mol. The second-order valence-corrected chi connectivity index (χ2v) is 4.60. The minimum atomic E-state index is -0.343. The average Bonchev–Trinajstić information content (AvgIpc) is 2.42. The van der Waals surface area contributed by atoms with Crippen molar-refractivity contribution in [2.24, 2.45) is 0 Å². The molecule has 1 N–H and O–H groups in total. The van der Waals surface area contributed by atoms with E-state index in [-0.39, 0.29) is 5.91 Å².